The Morgan fingerprint density at radius 1 is 1.04 bits per heavy atom. The van der Waals surface area contributed by atoms with Gasteiger partial charge in [-0.1, -0.05) is 37.6 Å². The number of ether oxygens (including phenoxy) is 3. The molecule has 0 saturated carbocycles. The molecule has 0 fully saturated rings. The highest BCUT2D eigenvalue weighted by molar-refractivity contribution is 5.86. The number of hydrogen-bond acceptors (Lipinski definition) is 5. The van der Waals surface area contributed by atoms with Crippen LogP contribution < -0.4 is 14.2 Å². The first kappa shape index (κ1) is 18.6. The molecule has 0 saturated heterocycles. The van der Waals surface area contributed by atoms with Gasteiger partial charge in [-0.3, -0.25) is 0 Å². The minimum absolute atomic E-state index is 0.708. The summed E-state index contributed by atoms with van der Waals surface area (Å²) >= 11 is 0. The Labute approximate surface area is 148 Å². The zero-order valence-corrected chi connectivity index (χ0v) is 15.1. The van der Waals surface area contributed by atoms with Gasteiger partial charge in [0, 0.05) is 17.5 Å². The van der Waals surface area contributed by atoms with Gasteiger partial charge >= 0.3 is 0 Å². The number of isocyanates is 1. The Kier molecular flexibility index (Phi) is 6.20. The molecular weight excluding hydrogens is 318 g/mol. The number of methoxy groups -OCH3 is 3. The van der Waals surface area contributed by atoms with Crippen LogP contribution in [-0.4, -0.2) is 27.4 Å². The van der Waals surface area contributed by atoms with E-state index in [1.54, 1.807) is 21.3 Å². The summed E-state index contributed by atoms with van der Waals surface area (Å²) < 4.78 is 17.0. The van der Waals surface area contributed by atoms with Gasteiger partial charge in [0.25, 0.3) is 0 Å². The lowest BCUT2D eigenvalue weighted by molar-refractivity contribution is 0.321. The minimum atomic E-state index is 0.708. The largest absolute Gasteiger partial charge is 0.492 e. The van der Waals surface area contributed by atoms with Crippen LogP contribution in [0.5, 0.6) is 17.2 Å². The number of fused-ring (bicyclic) bond motifs is 3. The second kappa shape index (κ2) is 8.36. The van der Waals surface area contributed by atoms with Crippen molar-refractivity contribution in [3.8, 4) is 28.4 Å². The van der Waals surface area contributed by atoms with Crippen LogP contribution in [-0.2, 0) is 17.6 Å². The summed E-state index contributed by atoms with van der Waals surface area (Å²) in [5.74, 6) is 2.31. The van der Waals surface area contributed by atoms with Crippen LogP contribution >= 0.6 is 0 Å². The fourth-order valence-corrected chi connectivity index (χ4v) is 3.49. The molecule has 0 atom stereocenters. The van der Waals surface area contributed by atoms with Crippen molar-refractivity contribution >= 4 is 6.08 Å². The van der Waals surface area contributed by atoms with Gasteiger partial charge in [0.1, 0.15) is 0 Å². The van der Waals surface area contributed by atoms with E-state index >= 15 is 0 Å². The first-order chi connectivity index (χ1) is 12.2. The lowest BCUT2D eigenvalue weighted by Crippen LogP contribution is -2.03. The monoisotopic (exact) mass is 341 g/mol. The number of carbonyl (C=O) groups excluding carboxylic acids is 1. The maximum Gasteiger partial charge on any atom is 0.231 e. The van der Waals surface area contributed by atoms with Gasteiger partial charge in [-0.05, 0) is 23.1 Å². The van der Waals surface area contributed by atoms with Crippen LogP contribution in [0.2, 0.25) is 0 Å². The molecule has 0 spiro atoms. The van der Waals surface area contributed by atoms with Gasteiger partial charge in [0.15, 0.2) is 11.5 Å². The van der Waals surface area contributed by atoms with Crippen LogP contribution in [0.1, 0.15) is 30.0 Å². The third-order valence-corrected chi connectivity index (χ3v) is 4.33. The molecule has 3 rings (SSSR count). The highest BCUT2D eigenvalue weighted by Crippen LogP contribution is 2.53. The average Bonchev–Trinajstić information content (AvgIpc) is 3.01. The standard InChI is InChI=1S/C19H22O3.CHNO/c1-5-8-14-16-13-10-7-6-9-12(13)11-15(16)18(21-3)19(22-4)17(14)20-2;2-1-3/h6-7,9-10H,5,8,11H2,1-4H3;2H. The Hall–Kier alpha value is -2.78. The maximum atomic E-state index is 8.35. The molecule has 0 heterocycles. The van der Waals surface area contributed by atoms with E-state index in [4.69, 9.17) is 24.4 Å². The molecule has 5 heteroatoms. The first-order valence-corrected chi connectivity index (χ1v) is 8.14. The lowest BCUT2D eigenvalue weighted by atomic mass is 9.94. The molecule has 132 valence electrons. The first-order valence-electron chi connectivity index (χ1n) is 8.14. The smallest absolute Gasteiger partial charge is 0.231 e. The van der Waals surface area contributed by atoms with E-state index in [1.165, 1.54) is 27.8 Å². The van der Waals surface area contributed by atoms with Crippen molar-refractivity contribution in [2.24, 2.45) is 0 Å². The van der Waals surface area contributed by atoms with Crippen LogP contribution in [0.15, 0.2) is 24.3 Å². The zero-order valence-electron chi connectivity index (χ0n) is 15.1. The Morgan fingerprint density at radius 3 is 2.20 bits per heavy atom. The van der Waals surface area contributed by atoms with E-state index in [2.05, 4.69) is 31.2 Å². The van der Waals surface area contributed by atoms with Crippen molar-refractivity contribution in [2.75, 3.05) is 21.3 Å². The third kappa shape index (κ3) is 3.24. The summed E-state index contributed by atoms with van der Waals surface area (Å²) in [7, 11) is 5.06. The maximum absolute atomic E-state index is 8.35. The topological polar surface area (TPSA) is 68.6 Å². The predicted octanol–water partition coefficient (Wildman–Crippen LogP) is 4.14. The van der Waals surface area contributed by atoms with Crippen molar-refractivity contribution in [1.82, 2.24) is 0 Å². The molecule has 1 aliphatic rings. The number of rotatable bonds is 5. The summed E-state index contributed by atoms with van der Waals surface area (Å²) in [6.07, 6.45) is 3.65. The van der Waals surface area contributed by atoms with E-state index in [9.17, 15) is 0 Å². The van der Waals surface area contributed by atoms with Crippen LogP contribution in [0, 0.1) is 5.41 Å². The van der Waals surface area contributed by atoms with Gasteiger partial charge in [0.2, 0.25) is 11.8 Å². The Bertz CT molecular complexity index is 793. The van der Waals surface area contributed by atoms with Gasteiger partial charge in [-0.15, -0.1) is 0 Å². The summed E-state index contributed by atoms with van der Waals surface area (Å²) in [4.78, 5) is 8.35. The number of hydrogen-bond donors (Lipinski definition) is 1. The van der Waals surface area contributed by atoms with Crippen molar-refractivity contribution in [3.05, 3.63) is 41.0 Å². The van der Waals surface area contributed by atoms with Crippen LogP contribution in [0.25, 0.3) is 11.1 Å². The van der Waals surface area contributed by atoms with E-state index in [0.29, 0.717) is 5.75 Å². The van der Waals surface area contributed by atoms with Crippen LogP contribution in [0.4, 0.5) is 0 Å². The minimum Gasteiger partial charge on any atom is -0.492 e. The van der Waals surface area contributed by atoms with Crippen molar-refractivity contribution in [1.29, 1.82) is 5.41 Å². The quantitative estimate of drug-likeness (QED) is 0.559. The normalized spacial score (nSPS) is 10.7. The Morgan fingerprint density at radius 2 is 1.64 bits per heavy atom. The van der Waals surface area contributed by atoms with Crippen molar-refractivity contribution < 1.29 is 19.0 Å². The van der Waals surface area contributed by atoms with Gasteiger partial charge in [0.05, 0.1) is 21.3 Å². The molecule has 0 aromatic heterocycles. The highest BCUT2D eigenvalue weighted by Gasteiger charge is 2.31. The molecule has 0 bridgehead atoms. The second-order valence-corrected chi connectivity index (χ2v) is 5.62. The molecule has 0 radical (unpaired) electrons. The summed E-state index contributed by atoms with van der Waals surface area (Å²) in [5, 5.41) is 5.40. The van der Waals surface area contributed by atoms with E-state index in [1.807, 2.05) is 0 Å². The van der Waals surface area contributed by atoms with E-state index in [0.717, 1.165) is 36.8 Å². The Balaban J connectivity index is 0.000000701. The van der Waals surface area contributed by atoms with Crippen molar-refractivity contribution in [2.45, 2.75) is 26.2 Å². The predicted molar refractivity (Wildman–Crippen MR) is 96.7 cm³/mol. The lowest BCUT2D eigenvalue weighted by Gasteiger charge is -2.21. The molecule has 5 nitrogen and oxygen atoms in total. The van der Waals surface area contributed by atoms with Crippen molar-refractivity contribution in [3.63, 3.8) is 0 Å². The number of benzene rings is 2. The summed E-state index contributed by atoms with van der Waals surface area (Å²) in [6, 6.07) is 8.55. The fourth-order valence-electron chi connectivity index (χ4n) is 3.49. The fraction of sp³-hybridized carbons (Fsp3) is 0.350. The second-order valence-electron chi connectivity index (χ2n) is 5.62. The van der Waals surface area contributed by atoms with E-state index in [-0.39, 0.29) is 0 Å². The summed E-state index contributed by atoms with van der Waals surface area (Å²) in [5.41, 5.74) is 6.34. The average molecular weight is 341 g/mol. The van der Waals surface area contributed by atoms with E-state index < -0.39 is 0 Å². The van der Waals surface area contributed by atoms with Gasteiger partial charge < -0.3 is 14.2 Å². The van der Waals surface area contributed by atoms with Gasteiger partial charge in [-0.2, -0.15) is 0 Å². The zero-order chi connectivity index (χ0) is 18.4. The molecular formula is C20H23NO4. The molecule has 1 N–H and O–H groups in total. The highest BCUT2D eigenvalue weighted by atomic mass is 16.5. The SMILES string of the molecule is CCCc1c(OC)c(OC)c(OC)c2c1-c1ccccc1C2.N=C=O. The molecule has 1 aliphatic carbocycles. The molecule has 0 amide bonds. The molecule has 2 aromatic carbocycles. The molecule has 2 aromatic rings. The van der Waals surface area contributed by atoms with Gasteiger partial charge in [-0.25, -0.2) is 10.2 Å². The molecule has 0 aliphatic heterocycles. The third-order valence-electron chi connectivity index (χ3n) is 4.33. The molecule has 0 unspecified atom stereocenters. The van der Waals surface area contributed by atoms with Crippen LogP contribution in [0.3, 0.4) is 0 Å². The number of nitrogens with one attached hydrogen (secondary N) is 1. The summed E-state index contributed by atoms with van der Waals surface area (Å²) in [6.45, 7) is 2.18. The molecule has 25 heavy (non-hydrogen) atoms.